The fourth-order valence-corrected chi connectivity index (χ4v) is 2.72. The van der Waals surface area contributed by atoms with Gasteiger partial charge in [-0.2, -0.15) is 14.8 Å². The van der Waals surface area contributed by atoms with Crippen LogP contribution in [0.5, 0.6) is 0 Å². The minimum absolute atomic E-state index is 0.256. The van der Waals surface area contributed by atoms with Gasteiger partial charge < -0.3 is 0 Å². The van der Waals surface area contributed by atoms with Crippen LogP contribution >= 0.6 is 11.6 Å². The van der Waals surface area contributed by atoms with E-state index in [1.54, 1.807) is 36.4 Å². The van der Waals surface area contributed by atoms with Gasteiger partial charge in [-0.1, -0.05) is 23.7 Å². The van der Waals surface area contributed by atoms with Crippen LogP contribution in [0.1, 0.15) is 5.56 Å². The largest absolute Gasteiger partial charge is 0.220 e. The monoisotopic (exact) mass is 283 g/mol. The Morgan fingerprint density at radius 2 is 1.61 bits per heavy atom. The number of halogens is 1. The van der Waals surface area contributed by atoms with Crippen LogP contribution in [0.15, 0.2) is 24.3 Å². The van der Waals surface area contributed by atoms with E-state index in [0.717, 1.165) is 4.31 Å². The molecular weight excluding hydrogens is 274 g/mol. The van der Waals surface area contributed by atoms with Gasteiger partial charge in [0.15, 0.2) is 0 Å². The zero-order valence-corrected chi connectivity index (χ0v) is 10.9. The lowest BCUT2D eigenvalue weighted by atomic mass is 10.2. The fraction of sp³-hybridized carbons (Fsp3) is 0.273. The van der Waals surface area contributed by atoms with Crippen LogP contribution in [-0.4, -0.2) is 25.8 Å². The van der Waals surface area contributed by atoms with Gasteiger partial charge in [-0.05, 0) is 17.7 Å². The van der Waals surface area contributed by atoms with Crippen LogP contribution in [0.2, 0.25) is 5.02 Å². The molecule has 1 aromatic carbocycles. The normalized spacial score (nSPS) is 10.9. The van der Waals surface area contributed by atoms with Gasteiger partial charge in [-0.15, -0.1) is 0 Å². The van der Waals surface area contributed by atoms with Gasteiger partial charge in [-0.3, -0.25) is 0 Å². The summed E-state index contributed by atoms with van der Waals surface area (Å²) in [7, 11) is -3.67. The van der Waals surface area contributed by atoms with E-state index in [9.17, 15) is 8.42 Å². The molecular formula is C11H10ClN3O2S. The molecule has 0 unspecified atom stereocenters. The summed E-state index contributed by atoms with van der Waals surface area (Å²) in [6, 6.07) is 9.82. The molecule has 0 radical (unpaired) electrons. The number of hydrogen-bond acceptors (Lipinski definition) is 4. The predicted molar refractivity (Wildman–Crippen MR) is 66.9 cm³/mol. The van der Waals surface area contributed by atoms with Crippen molar-refractivity contribution in [2.75, 3.05) is 13.1 Å². The van der Waals surface area contributed by atoms with Crippen molar-refractivity contribution >= 4 is 21.6 Å². The summed E-state index contributed by atoms with van der Waals surface area (Å²) in [6.07, 6.45) is 0. The van der Waals surface area contributed by atoms with Gasteiger partial charge in [0.2, 0.25) is 10.0 Å². The lowest BCUT2D eigenvalue weighted by Gasteiger charge is -2.15. The van der Waals surface area contributed by atoms with E-state index in [-0.39, 0.29) is 18.8 Å². The molecule has 0 atom stereocenters. The first-order valence-electron chi connectivity index (χ1n) is 4.96. The van der Waals surface area contributed by atoms with Crippen LogP contribution in [0, 0.1) is 22.7 Å². The Morgan fingerprint density at radius 3 is 2.06 bits per heavy atom. The van der Waals surface area contributed by atoms with E-state index in [2.05, 4.69) is 0 Å². The molecule has 1 aromatic rings. The predicted octanol–water partition coefficient (Wildman–Crippen LogP) is 1.52. The number of nitriles is 2. The lowest BCUT2D eigenvalue weighted by Crippen LogP contribution is -2.32. The summed E-state index contributed by atoms with van der Waals surface area (Å²) in [5.41, 5.74) is 0.556. The highest BCUT2D eigenvalue weighted by Gasteiger charge is 2.21. The minimum atomic E-state index is -3.67. The highest BCUT2D eigenvalue weighted by Crippen LogP contribution is 2.14. The Hall–Kier alpha value is -1.60. The van der Waals surface area contributed by atoms with Crippen LogP contribution in [0.4, 0.5) is 0 Å². The molecule has 0 amide bonds. The maximum Gasteiger partial charge on any atom is 0.220 e. The first-order chi connectivity index (χ1) is 8.49. The van der Waals surface area contributed by atoms with Crippen molar-refractivity contribution in [2.24, 2.45) is 0 Å². The van der Waals surface area contributed by atoms with Crippen LogP contribution in [-0.2, 0) is 15.8 Å². The molecule has 0 heterocycles. The number of hydrogen-bond donors (Lipinski definition) is 0. The van der Waals surface area contributed by atoms with Crippen LogP contribution in [0.25, 0.3) is 0 Å². The van der Waals surface area contributed by atoms with Crippen molar-refractivity contribution < 1.29 is 8.42 Å². The van der Waals surface area contributed by atoms with E-state index < -0.39 is 10.0 Å². The van der Waals surface area contributed by atoms with E-state index in [1.807, 2.05) is 0 Å². The molecule has 1 rings (SSSR count). The average Bonchev–Trinajstić information content (AvgIpc) is 2.32. The Morgan fingerprint density at radius 1 is 1.11 bits per heavy atom. The van der Waals surface area contributed by atoms with Crippen molar-refractivity contribution in [3.05, 3.63) is 34.9 Å². The molecule has 0 aliphatic rings. The molecule has 0 bridgehead atoms. The molecule has 0 aromatic heterocycles. The maximum absolute atomic E-state index is 12.0. The number of benzene rings is 1. The second-order valence-electron chi connectivity index (χ2n) is 3.47. The molecule has 5 nitrogen and oxygen atoms in total. The third-order valence-corrected chi connectivity index (χ3v) is 4.14. The number of nitrogens with zero attached hydrogens (tertiary/aromatic N) is 3. The lowest BCUT2D eigenvalue weighted by molar-refractivity contribution is 0.478. The van der Waals surface area contributed by atoms with E-state index in [1.165, 1.54) is 0 Å². The Balaban J connectivity index is 2.89. The average molecular weight is 284 g/mol. The van der Waals surface area contributed by atoms with Gasteiger partial charge in [0.05, 0.1) is 17.9 Å². The molecule has 0 saturated heterocycles. The van der Waals surface area contributed by atoms with Gasteiger partial charge in [0, 0.05) is 5.02 Å². The molecule has 94 valence electrons. The second kappa shape index (κ2) is 6.36. The second-order valence-corrected chi connectivity index (χ2v) is 5.87. The highest BCUT2D eigenvalue weighted by atomic mass is 35.5. The molecule has 18 heavy (non-hydrogen) atoms. The molecule has 0 aliphatic carbocycles. The molecule has 7 heteroatoms. The van der Waals surface area contributed by atoms with Gasteiger partial charge in [-0.25, -0.2) is 8.42 Å². The van der Waals surface area contributed by atoms with Crippen molar-refractivity contribution in [1.29, 1.82) is 10.5 Å². The number of sulfonamides is 1. The number of rotatable bonds is 5. The highest BCUT2D eigenvalue weighted by molar-refractivity contribution is 7.88. The van der Waals surface area contributed by atoms with Crippen molar-refractivity contribution in [1.82, 2.24) is 4.31 Å². The van der Waals surface area contributed by atoms with Gasteiger partial charge >= 0.3 is 0 Å². The third kappa shape index (κ3) is 4.01. The maximum atomic E-state index is 12.0. The summed E-state index contributed by atoms with van der Waals surface area (Å²) in [5.74, 6) is -0.256. The minimum Gasteiger partial charge on any atom is -0.212 e. The summed E-state index contributed by atoms with van der Waals surface area (Å²) in [6.45, 7) is -0.660. The van der Waals surface area contributed by atoms with E-state index in [0.29, 0.717) is 10.6 Å². The summed E-state index contributed by atoms with van der Waals surface area (Å²) >= 11 is 5.70. The molecule has 0 fully saturated rings. The smallest absolute Gasteiger partial charge is 0.212 e. The molecule has 0 N–H and O–H groups in total. The van der Waals surface area contributed by atoms with Crippen LogP contribution in [0.3, 0.4) is 0 Å². The third-order valence-electron chi connectivity index (χ3n) is 2.15. The summed E-state index contributed by atoms with van der Waals surface area (Å²) in [5, 5.41) is 17.6. The van der Waals surface area contributed by atoms with Gasteiger partial charge in [0.25, 0.3) is 0 Å². The first kappa shape index (κ1) is 14.5. The van der Waals surface area contributed by atoms with Crippen LogP contribution < -0.4 is 0 Å². The van der Waals surface area contributed by atoms with Gasteiger partial charge in [0.1, 0.15) is 13.1 Å². The summed E-state index contributed by atoms with van der Waals surface area (Å²) < 4.78 is 24.8. The molecule has 0 aliphatic heterocycles. The summed E-state index contributed by atoms with van der Waals surface area (Å²) in [4.78, 5) is 0. The quantitative estimate of drug-likeness (QED) is 0.767. The van der Waals surface area contributed by atoms with Crippen molar-refractivity contribution in [3.8, 4) is 12.1 Å². The Kier molecular flexibility index (Phi) is 5.11. The standard InChI is InChI=1S/C11H10ClN3O2S/c12-11-3-1-10(2-4-11)9-18(16,17)15(7-5-13)8-6-14/h1-4H,7-9H2. The van der Waals surface area contributed by atoms with E-state index >= 15 is 0 Å². The molecule has 0 saturated carbocycles. The fourth-order valence-electron chi connectivity index (χ4n) is 1.29. The SMILES string of the molecule is N#CCN(CC#N)S(=O)(=O)Cc1ccc(Cl)cc1. The molecule has 0 spiro atoms. The van der Waals surface area contributed by atoms with Crippen molar-refractivity contribution in [2.45, 2.75) is 5.75 Å². The first-order valence-corrected chi connectivity index (χ1v) is 6.94. The zero-order chi connectivity index (χ0) is 13.6. The van der Waals surface area contributed by atoms with Crippen molar-refractivity contribution in [3.63, 3.8) is 0 Å². The topological polar surface area (TPSA) is 85.0 Å². The van der Waals surface area contributed by atoms with E-state index in [4.69, 9.17) is 22.1 Å². The zero-order valence-electron chi connectivity index (χ0n) is 9.38. The Bertz CT molecular complexity index is 568. The Labute approximate surface area is 111 Å².